The van der Waals surface area contributed by atoms with Gasteiger partial charge in [0, 0.05) is 13.0 Å². The van der Waals surface area contributed by atoms with Crippen molar-refractivity contribution in [2.75, 3.05) is 25.6 Å². The van der Waals surface area contributed by atoms with Crippen LogP contribution in [0.1, 0.15) is 25.8 Å². The highest BCUT2D eigenvalue weighted by molar-refractivity contribution is 7.92. The van der Waals surface area contributed by atoms with Gasteiger partial charge < -0.3 is 24.8 Å². The van der Waals surface area contributed by atoms with Gasteiger partial charge in [0.05, 0.1) is 29.5 Å². The summed E-state index contributed by atoms with van der Waals surface area (Å²) >= 11 is 0. The van der Waals surface area contributed by atoms with E-state index >= 15 is 0 Å². The van der Waals surface area contributed by atoms with Crippen LogP contribution in [-0.2, 0) is 26.0 Å². The molecule has 1 unspecified atom stereocenters. The Labute approximate surface area is 187 Å². The Bertz CT molecular complexity index is 1120. The molecule has 0 saturated carbocycles. The molecule has 1 atom stereocenters. The molecule has 32 heavy (non-hydrogen) atoms. The first kappa shape index (κ1) is 23.4. The molecule has 0 bridgehead atoms. The first-order chi connectivity index (χ1) is 15.2. The summed E-state index contributed by atoms with van der Waals surface area (Å²) in [4.78, 5) is 23.9. The molecule has 1 aliphatic rings. The molecule has 10 heteroatoms. The number of amides is 2. The van der Waals surface area contributed by atoms with E-state index in [-0.39, 0.29) is 30.4 Å². The lowest BCUT2D eigenvalue weighted by atomic mass is 10.2. The standard InChI is InChI=1S/C22H26N2O7S/c1-4-30-19-7-5-15(10-20(19)29-3)12-23-21(25)9-14(2)32(27,28)16-6-8-18-17(11-16)24-22(26)13-31-18/h5-8,10-11,14H,4,9,12-13H2,1-3H3,(H,23,25)(H,24,26). The van der Waals surface area contributed by atoms with E-state index in [0.717, 1.165) is 5.56 Å². The average molecular weight is 463 g/mol. The van der Waals surface area contributed by atoms with Crippen molar-refractivity contribution in [1.29, 1.82) is 0 Å². The molecule has 172 valence electrons. The Balaban J connectivity index is 1.62. The van der Waals surface area contributed by atoms with E-state index in [1.54, 1.807) is 18.2 Å². The first-order valence-corrected chi connectivity index (χ1v) is 11.7. The number of methoxy groups -OCH3 is 1. The number of hydrogen-bond acceptors (Lipinski definition) is 7. The zero-order valence-electron chi connectivity index (χ0n) is 18.1. The van der Waals surface area contributed by atoms with Crippen molar-refractivity contribution in [3.63, 3.8) is 0 Å². The summed E-state index contributed by atoms with van der Waals surface area (Å²) in [6, 6.07) is 9.57. The lowest BCUT2D eigenvalue weighted by molar-refractivity contribution is -0.121. The molecule has 0 aliphatic carbocycles. The highest BCUT2D eigenvalue weighted by Gasteiger charge is 2.27. The van der Waals surface area contributed by atoms with Crippen LogP contribution < -0.4 is 24.8 Å². The Morgan fingerprint density at radius 2 is 2.00 bits per heavy atom. The molecular formula is C22H26N2O7S. The van der Waals surface area contributed by atoms with E-state index in [2.05, 4.69) is 10.6 Å². The minimum atomic E-state index is -3.79. The molecule has 0 fully saturated rings. The smallest absolute Gasteiger partial charge is 0.262 e. The highest BCUT2D eigenvalue weighted by Crippen LogP contribution is 2.32. The van der Waals surface area contributed by atoms with E-state index in [1.807, 2.05) is 6.92 Å². The molecule has 3 rings (SSSR count). The number of anilines is 1. The van der Waals surface area contributed by atoms with Crippen molar-refractivity contribution in [2.45, 2.75) is 37.0 Å². The predicted octanol–water partition coefficient (Wildman–Crippen LogP) is 2.29. The van der Waals surface area contributed by atoms with Gasteiger partial charge in [0.2, 0.25) is 5.91 Å². The Morgan fingerprint density at radius 1 is 1.22 bits per heavy atom. The van der Waals surface area contributed by atoms with Crippen molar-refractivity contribution >= 4 is 27.3 Å². The second-order valence-corrected chi connectivity index (χ2v) is 9.62. The number of nitrogens with one attached hydrogen (secondary N) is 2. The van der Waals surface area contributed by atoms with Crippen molar-refractivity contribution in [2.24, 2.45) is 0 Å². The van der Waals surface area contributed by atoms with Crippen LogP contribution in [0.4, 0.5) is 5.69 Å². The van der Waals surface area contributed by atoms with Crippen LogP contribution in [0.25, 0.3) is 0 Å². The van der Waals surface area contributed by atoms with Gasteiger partial charge in [-0.25, -0.2) is 8.42 Å². The van der Waals surface area contributed by atoms with Crippen LogP contribution in [0, 0.1) is 0 Å². The molecule has 2 N–H and O–H groups in total. The van der Waals surface area contributed by atoms with E-state index < -0.39 is 21.0 Å². The van der Waals surface area contributed by atoms with Crippen LogP contribution in [0.2, 0.25) is 0 Å². The van der Waals surface area contributed by atoms with E-state index in [4.69, 9.17) is 14.2 Å². The highest BCUT2D eigenvalue weighted by atomic mass is 32.2. The molecule has 0 spiro atoms. The second-order valence-electron chi connectivity index (χ2n) is 7.25. The minimum absolute atomic E-state index is 0.0126. The number of carbonyl (C=O) groups excluding carboxylic acids is 2. The van der Waals surface area contributed by atoms with Gasteiger partial charge >= 0.3 is 0 Å². The summed E-state index contributed by atoms with van der Waals surface area (Å²) in [6.07, 6.45) is -0.212. The van der Waals surface area contributed by atoms with Gasteiger partial charge in [-0.15, -0.1) is 0 Å². The van der Waals surface area contributed by atoms with Crippen LogP contribution in [0.5, 0.6) is 17.2 Å². The first-order valence-electron chi connectivity index (χ1n) is 10.1. The largest absolute Gasteiger partial charge is 0.493 e. The molecule has 1 heterocycles. The third-order valence-corrected chi connectivity index (χ3v) is 7.07. The third kappa shape index (κ3) is 5.31. The molecule has 0 aromatic heterocycles. The Morgan fingerprint density at radius 3 is 2.72 bits per heavy atom. The summed E-state index contributed by atoms with van der Waals surface area (Å²) in [5.74, 6) is 0.808. The molecule has 2 aromatic carbocycles. The van der Waals surface area contributed by atoms with E-state index in [0.29, 0.717) is 29.5 Å². The van der Waals surface area contributed by atoms with Crippen molar-refractivity contribution in [1.82, 2.24) is 5.32 Å². The van der Waals surface area contributed by atoms with Crippen LogP contribution >= 0.6 is 0 Å². The summed E-state index contributed by atoms with van der Waals surface area (Å²) in [7, 11) is -2.26. The van der Waals surface area contributed by atoms with Gasteiger partial charge in [-0.05, 0) is 49.7 Å². The molecule has 2 aromatic rings. The number of carbonyl (C=O) groups is 2. The molecule has 9 nitrogen and oxygen atoms in total. The van der Waals surface area contributed by atoms with Crippen LogP contribution in [-0.4, -0.2) is 45.8 Å². The average Bonchev–Trinajstić information content (AvgIpc) is 2.77. The van der Waals surface area contributed by atoms with Gasteiger partial charge in [0.15, 0.2) is 27.9 Å². The van der Waals surface area contributed by atoms with Crippen LogP contribution in [0.15, 0.2) is 41.3 Å². The number of hydrogen-bond donors (Lipinski definition) is 2. The van der Waals surface area contributed by atoms with Gasteiger partial charge in [0.1, 0.15) is 5.75 Å². The Kier molecular flexibility index (Phi) is 7.24. The zero-order chi connectivity index (χ0) is 23.3. The topological polar surface area (TPSA) is 120 Å². The van der Waals surface area contributed by atoms with Gasteiger partial charge in [-0.1, -0.05) is 6.07 Å². The molecule has 0 radical (unpaired) electrons. The van der Waals surface area contributed by atoms with E-state index in [1.165, 1.54) is 32.2 Å². The quantitative estimate of drug-likeness (QED) is 0.587. The van der Waals surface area contributed by atoms with Gasteiger partial charge in [-0.3, -0.25) is 9.59 Å². The maximum Gasteiger partial charge on any atom is 0.262 e. The number of ether oxygens (including phenoxy) is 3. The van der Waals surface area contributed by atoms with Crippen molar-refractivity contribution < 1.29 is 32.2 Å². The monoisotopic (exact) mass is 462 g/mol. The SMILES string of the molecule is CCOc1ccc(CNC(=O)CC(C)S(=O)(=O)c2ccc3c(c2)NC(=O)CO3)cc1OC. The fraction of sp³-hybridized carbons (Fsp3) is 0.364. The summed E-state index contributed by atoms with van der Waals surface area (Å²) in [5, 5.41) is 4.36. The zero-order valence-corrected chi connectivity index (χ0v) is 19.0. The molecule has 0 saturated heterocycles. The maximum atomic E-state index is 12.9. The third-order valence-electron chi connectivity index (χ3n) is 4.93. The van der Waals surface area contributed by atoms with Gasteiger partial charge in [-0.2, -0.15) is 0 Å². The number of rotatable bonds is 9. The Hall–Kier alpha value is -3.27. The fourth-order valence-corrected chi connectivity index (χ4v) is 4.59. The molecule has 1 aliphatic heterocycles. The second kappa shape index (κ2) is 9.90. The lowest BCUT2D eigenvalue weighted by Crippen LogP contribution is -2.30. The maximum absolute atomic E-state index is 12.9. The normalized spacial score (nSPS) is 13.9. The summed E-state index contributed by atoms with van der Waals surface area (Å²) in [5.41, 5.74) is 1.09. The lowest BCUT2D eigenvalue weighted by Gasteiger charge is -2.19. The summed E-state index contributed by atoms with van der Waals surface area (Å²) < 4.78 is 41.9. The van der Waals surface area contributed by atoms with E-state index in [9.17, 15) is 18.0 Å². The van der Waals surface area contributed by atoms with Crippen LogP contribution in [0.3, 0.4) is 0 Å². The molecule has 2 amide bonds. The minimum Gasteiger partial charge on any atom is -0.493 e. The van der Waals surface area contributed by atoms with Crippen molar-refractivity contribution in [3.05, 3.63) is 42.0 Å². The number of fused-ring (bicyclic) bond motifs is 1. The summed E-state index contributed by atoms with van der Waals surface area (Å²) in [6.45, 7) is 3.95. The predicted molar refractivity (Wildman–Crippen MR) is 118 cm³/mol. The molecular weight excluding hydrogens is 436 g/mol. The number of sulfone groups is 1. The fourth-order valence-electron chi connectivity index (χ4n) is 3.21. The van der Waals surface area contributed by atoms with Crippen molar-refractivity contribution in [3.8, 4) is 17.2 Å². The van der Waals surface area contributed by atoms with Gasteiger partial charge in [0.25, 0.3) is 5.91 Å². The number of benzene rings is 2.